The van der Waals surface area contributed by atoms with E-state index in [1.807, 2.05) is 6.07 Å². The Morgan fingerprint density at radius 2 is 1.85 bits per heavy atom. The first-order chi connectivity index (χ1) is 9.70. The molecule has 0 spiro atoms. The van der Waals surface area contributed by atoms with Crippen molar-refractivity contribution in [2.75, 3.05) is 13.7 Å². The molecule has 0 aromatic heterocycles. The maximum atomic E-state index is 6.24. The van der Waals surface area contributed by atoms with Gasteiger partial charge in [-0.2, -0.15) is 0 Å². The molecule has 2 rings (SSSR count). The maximum Gasteiger partial charge on any atom is 0.138 e. The van der Waals surface area contributed by atoms with Gasteiger partial charge in [-0.3, -0.25) is 0 Å². The van der Waals surface area contributed by atoms with Crippen molar-refractivity contribution >= 4 is 23.2 Å². The number of aryl methyl sites for hydroxylation is 1. The minimum Gasteiger partial charge on any atom is -0.495 e. The van der Waals surface area contributed by atoms with Crippen LogP contribution in [0.2, 0.25) is 10.0 Å². The highest BCUT2D eigenvalue weighted by molar-refractivity contribution is 6.34. The molecule has 0 aliphatic heterocycles. The van der Waals surface area contributed by atoms with Gasteiger partial charge in [-0.1, -0.05) is 36.0 Å². The third-order valence-corrected chi connectivity index (χ3v) is 4.35. The van der Waals surface area contributed by atoms with Crippen LogP contribution in [0.15, 0.2) is 12.1 Å². The zero-order valence-corrected chi connectivity index (χ0v) is 13.6. The first kappa shape index (κ1) is 15.9. The molecule has 0 amide bonds. The summed E-state index contributed by atoms with van der Waals surface area (Å²) in [6.07, 6.45) is 8.68. The lowest BCUT2D eigenvalue weighted by Crippen LogP contribution is -2.17. The zero-order chi connectivity index (χ0) is 14.4. The number of hydrogen-bond acceptors (Lipinski definition) is 2. The number of halogens is 2. The molecule has 2 nitrogen and oxygen atoms in total. The van der Waals surface area contributed by atoms with Gasteiger partial charge in [-0.15, -0.1) is 0 Å². The third-order valence-electron chi connectivity index (χ3n) is 3.70. The topological polar surface area (TPSA) is 21.3 Å². The van der Waals surface area contributed by atoms with Gasteiger partial charge in [0.15, 0.2) is 0 Å². The van der Waals surface area contributed by atoms with Crippen LogP contribution in [0.3, 0.4) is 0 Å². The fraction of sp³-hybridized carbons (Fsp3) is 0.625. The third kappa shape index (κ3) is 5.16. The van der Waals surface area contributed by atoms with Crippen molar-refractivity contribution in [2.45, 2.75) is 51.0 Å². The zero-order valence-electron chi connectivity index (χ0n) is 12.1. The lowest BCUT2D eigenvalue weighted by molar-refractivity contribution is 0.415. The van der Waals surface area contributed by atoms with Crippen molar-refractivity contribution < 1.29 is 4.74 Å². The molecular formula is C16H23Cl2NO. The first-order valence-corrected chi connectivity index (χ1v) is 8.21. The average Bonchev–Trinajstić information content (AvgIpc) is 3.25. The van der Waals surface area contributed by atoms with Crippen LogP contribution in [0, 0.1) is 0 Å². The van der Waals surface area contributed by atoms with Crippen LogP contribution in [0.4, 0.5) is 0 Å². The Labute approximate surface area is 131 Å². The monoisotopic (exact) mass is 315 g/mol. The molecule has 1 aromatic carbocycles. The Morgan fingerprint density at radius 3 is 2.55 bits per heavy atom. The number of benzene rings is 1. The lowest BCUT2D eigenvalue weighted by Gasteiger charge is -2.09. The van der Waals surface area contributed by atoms with E-state index < -0.39 is 0 Å². The van der Waals surface area contributed by atoms with E-state index in [0.717, 1.165) is 29.5 Å². The molecule has 1 N–H and O–H groups in total. The molecule has 0 unspecified atom stereocenters. The number of unbranched alkanes of at least 4 members (excludes halogenated alkanes) is 3. The van der Waals surface area contributed by atoms with Gasteiger partial charge in [0.1, 0.15) is 5.75 Å². The molecule has 20 heavy (non-hydrogen) atoms. The van der Waals surface area contributed by atoms with E-state index in [0.29, 0.717) is 10.8 Å². The summed E-state index contributed by atoms with van der Waals surface area (Å²) < 4.78 is 5.15. The molecule has 0 heterocycles. The van der Waals surface area contributed by atoms with E-state index in [9.17, 15) is 0 Å². The fourth-order valence-corrected chi connectivity index (χ4v) is 2.82. The van der Waals surface area contributed by atoms with Gasteiger partial charge in [0.2, 0.25) is 0 Å². The molecule has 0 atom stereocenters. The van der Waals surface area contributed by atoms with Crippen LogP contribution in [0.1, 0.15) is 44.1 Å². The minimum absolute atomic E-state index is 0.639. The highest BCUT2D eigenvalue weighted by Crippen LogP contribution is 2.31. The normalized spacial score (nSPS) is 14.6. The van der Waals surface area contributed by atoms with Gasteiger partial charge >= 0.3 is 0 Å². The van der Waals surface area contributed by atoms with Crippen molar-refractivity contribution in [1.82, 2.24) is 5.32 Å². The highest BCUT2D eigenvalue weighted by Gasteiger charge is 2.19. The Morgan fingerprint density at radius 1 is 1.10 bits per heavy atom. The minimum atomic E-state index is 0.639. The van der Waals surface area contributed by atoms with Crippen LogP contribution >= 0.6 is 23.2 Å². The molecule has 0 bridgehead atoms. The SMILES string of the molecule is COc1cc(Cl)c(CCCCCCNC2CC2)cc1Cl. The van der Waals surface area contributed by atoms with Crippen molar-refractivity contribution in [3.05, 3.63) is 27.7 Å². The van der Waals surface area contributed by atoms with Crippen molar-refractivity contribution in [3.8, 4) is 5.75 Å². The van der Waals surface area contributed by atoms with Gasteiger partial charge in [0, 0.05) is 17.1 Å². The Hall–Kier alpha value is -0.440. The number of hydrogen-bond donors (Lipinski definition) is 1. The van der Waals surface area contributed by atoms with Crippen molar-refractivity contribution in [3.63, 3.8) is 0 Å². The molecule has 1 aliphatic rings. The average molecular weight is 316 g/mol. The first-order valence-electron chi connectivity index (χ1n) is 7.46. The standard InChI is InChI=1S/C16H23Cl2NO/c1-20-16-11-14(17)12(10-15(16)18)6-4-2-3-5-9-19-13-7-8-13/h10-11,13,19H,2-9H2,1H3. The second kappa shape index (κ2) is 8.11. The molecule has 112 valence electrons. The van der Waals surface area contributed by atoms with E-state index in [2.05, 4.69) is 5.32 Å². The van der Waals surface area contributed by atoms with Crippen LogP contribution in [0.25, 0.3) is 0 Å². The van der Waals surface area contributed by atoms with Gasteiger partial charge in [0.05, 0.1) is 12.1 Å². The summed E-state index contributed by atoms with van der Waals surface area (Å²) in [5.41, 5.74) is 1.12. The summed E-state index contributed by atoms with van der Waals surface area (Å²) in [6, 6.07) is 4.56. The summed E-state index contributed by atoms with van der Waals surface area (Å²) in [4.78, 5) is 0. The predicted octanol–water partition coefficient (Wildman–Crippen LogP) is 4.86. The quantitative estimate of drug-likeness (QED) is 0.657. The van der Waals surface area contributed by atoms with E-state index in [1.165, 1.54) is 38.6 Å². The molecule has 1 aromatic rings. The molecular weight excluding hydrogens is 293 g/mol. The number of rotatable bonds is 9. The number of nitrogens with one attached hydrogen (secondary N) is 1. The summed E-state index contributed by atoms with van der Waals surface area (Å²) >= 11 is 12.4. The van der Waals surface area contributed by atoms with Crippen molar-refractivity contribution in [1.29, 1.82) is 0 Å². The summed E-state index contributed by atoms with van der Waals surface area (Å²) in [6.45, 7) is 1.17. The summed E-state index contributed by atoms with van der Waals surface area (Å²) in [7, 11) is 1.60. The van der Waals surface area contributed by atoms with Crippen LogP contribution < -0.4 is 10.1 Å². The maximum absolute atomic E-state index is 6.24. The summed E-state index contributed by atoms with van der Waals surface area (Å²) in [5.74, 6) is 0.645. The lowest BCUT2D eigenvalue weighted by atomic mass is 10.1. The number of methoxy groups -OCH3 is 1. The van der Waals surface area contributed by atoms with Gasteiger partial charge in [-0.05, 0) is 50.3 Å². The smallest absolute Gasteiger partial charge is 0.138 e. The highest BCUT2D eigenvalue weighted by atomic mass is 35.5. The Bertz CT molecular complexity index is 433. The van der Waals surface area contributed by atoms with Gasteiger partial charge < -0.3 is 10.1 Å². The largest absolute Gasteiger partial charge is 0.495 e. The second-order valence-corrected chi connectivity index (χ2v) is 6.29. The van der Waals surface area contributed by atoms with Crippen LogP contribution in [-0.2, 0) is 6.42 Å². The molecule has 4 heteroatoms. The fourth-order valence-electron chi connectivity index (χ4n) is 2.31. The van der Waals surface area contributed by atoms with E-state index in [-0.39, 0.29) is 0 Å². The van der Waals surface area contributed by atoms with Crippen LogP contribution in [-0.4, -0.2) is 19.7 Å². The molecule has 1 aliphatic carbocycles. The molecule has 0 radical (unpaired) electrons. The molecule has 1 saturated carbocycles. The summed E-state index contributed by atoms with van der Waals surface area (Å²) in [5, 5.41) is 4.93. The van der Waals surface area contributed by atoms with Crippen LogP contribution in [0.5, 0.6) is 5.75 Å². The van der Waals surface area contributed by atoms with Gasteiger partial charge in [0.25, 0.3) is 0 Å². The number of ether oxygens (including phenoxy) is 1. The second-order valence-electron chi connectivity index (χ2n) is 5.47. The Balaban J connectivity index is 1.64. The van der Waals surface area contributed by atoms with Crippen molar-refractivity contribution in [2.24, 2.45) is 0 Å². The molecule has 0 saturated heterocycles. The Kier molecular flexibility index (Phi) is 6.47. The predicted molar refractivity (Wildman–Crippen MR) is 86.2 cm³/mol. The van der Waals surface area contributed by atoms with E-state index >= 15 is 0 Å². The van der Waals surface area contributed by atoms with E-state index in [1.54, 1.807) is 13.2 Å². The molecule has 1 fully saturated rings. The van der Waals surface area contributed by atoms with Gasteiger partial charge in [-0.25, -0.2) is 0 Å². The van der Waals surface area contributed by atoms with E-state index in [4.69, 9.17) is 27.9 Å².